The van der Waals surface area contributed by atoms with Gasteiger partial charge in [-0.15, -0.1) is 11.3 Å². The molecule has 0 bridgehead atoms. The molecule has 3 rings (SSSR count). The number of rotatable bonds is 5. The summed E-state index contributed by atoms with van der Waals surface area (Å²) < 4.78 is 43.7. The van der Waals surface area contributed by atoms with E-state index in [-0.39, 0.29) is 10.6 Å². The quantitative estimate of drug-likeness (QED) is 0.520. The molecule has 0 aliphatic carbocycles. The van der Waals surface area contributed by atoms with Crippen LogP contribution < -0.4 is 4.74 Å². The van der Waals surface area contributed by atoms with Crippen LogP contribution >= 0.6 is 11.3 Å². The number of hydrogen-bond donors (Lipinski definition) is 0. The Morgan fingerprint density at radius 2 is 1.81 bits per heavy atom. The molecule has 0 unspecified atom stereocenters. The van der Waals surface area contributed by atoms with E-state index in [1.807, 2.05) is 36.4 Å². The predicted molar refractivity (Wildman–Crippen MR) is 97.8 cm³/mol. The smallest absolute Gasteiger partial charge is 0.434 e. The second-order valence-corrected chi connectivity index (χ2v) is 6.41. The number of halogens is 3. The van der Waals surface area contributed by atoms with Gasteiger partial charge < -0.3 is 4.74 Å². The standard InChI is InChI=1S/C20H13F3N2OS/c21-20(22,23)18-13-27-19(25-18)16(11-24)10-14-6-8-17(9-7-14)26-12-15-4-2-1-3-5-15/h1-10,13H,12H2/b16-10+. The van der Waals surface area contributed by atoms with Crippen LogP contribution in [0.3, 0.4) is 0 Å². The molecule has 0 fully saturated rings. The average molecular weight is 386 g/mol. The van der Waals surface area contributed by atoms with E-state index < -0.39 is 11.9 Å². The molecule has 3 nitrogen and oxygen atoms in total. The fraction of sp³-hybridized carbons (Fsp3) is 0.100. The third-order valence-corrected chi connectivity index (χ3v) is 4.46. The minimum Gasteiger partial charge on any atom is -0.489 e. The van der Waals surface area contributed by atoms with Crippen molar-refractivity contribution >= 4 is 23.0 Å². The summed E-state index contributed by atoms with van der Waals surface area (Å²) in [7, 11) is 0. The van der Waals surface area contributed by atoms with Gasteiger partial charge in [-0.3, -0.25) is 0 Å². The molecule has 1 heterocycles. The Morgan fingerprint density at radius 3 is 2.41 bits per heavy atom. The van der Waals surface area contributed by atoms with Crippen molar-refractivity contribution in [1.82, 2.24) is 4.98 Å². The van der Waals surface area contributed by atoms with Gasteiger partial charge >= 0.3 is 6.18 Å². The molecule has 0 aliphatic rings. The zero-order valence-corrected chi connectivity index (χ0v) is 14.7. The van der Waals surface area contributed by atoms with Gasteiger partial charge in [-0.1, -0.05) is 42.5 Å². The van der Waals surface area contributed by atoms with E-state index in [4.69, 9.17) is 4.74 Å². The fourth-order valence-corrected chi connectivity index (χ4v) is 3.03. The Bertz CT molecular complexity index is 971. The number of alkyl halides is 3. The van der Waals surface area contributed by atoms with Crippen LogP contribution in [0.2, 0.25) is 0 Å². The van der Waals surface area contributed by atoms with Crippen LogP contribution in [0.1, 0.15) is 21.8 Å². The Balaban J connectivity index is 1.72. The number of ether oxygens (including phenoxy) is 1. The lowest BCUT2D eigenvalue weighted by atomic mass is 10.1. The number of thiazole rings is 1. The van der Waals surface area contributed by atoms with E-state index in [1.54, 1.807) is 24.3 Å². The largest absolute Gasteiger partial charge is 0.489 e. The molecular formula is C20H13F3N2OS. The summed E-state index contributed by atoms with van der Waals surface area (Å²) in [5, 5.41) is 10.2. The predicted octanol–water partition coefficient (Wildman–Crippen LogP) is 5.81. The first-order valence-corrected chi connectivity index (χ1v) is 8.75. The molecule has 0 aliphatic heterocycles. The van der Waals surface area contributed by atoms with E-state index in [0.717, 1.165) is 22.3 Å². The first-order chi connectivity index (χ1) is 13.0. The molecule has 2 aromatic carbocycles. The first-order valence-electron chi connectivity index (χ1n) is 7.87. The lowest BCUT2D eigenvalue weighted by Gasteiger charge is -2.06. The molecule has 0 spiro atoms. The van der Waals surface area contributed by atoms with E-state index in [9.17, 15) is 18.4 Å². The maximum atomic E-state index is 12.7. The zero-order valence-electron chi connectivity index (χ0n) is 13.9. The molecule has 7 heteroatoms. The van der Waals surface area contributed by atoms with Crippen LogP contribution in [0.15, 0.2) is 60.0 Å². The van der Waals surface area contributed by atoms with Crippen molar-refractivity contribution in [3.8, 4) is 11.8 Å². The van der Waals surface area contributed by atoms with Gasteiger partial charge in [0.25, 0.3) is 0 Å². The zero-order chi connectivity index (χ0) is 19.3. The number of nitrogens with zero attached hydrogens (tertiary/aromatic N) is 2. The number of allylic oxidation sites excluding steroid dienone is 1. The number of aromatic nitrogens is 1. The van der Waals surface area contributed by atoms with Gasteiger partial charge in [0, 0.05) is 5.38 Å². The van der Waals surface area contributed by atoms with Crippen LogP contribution in [0.4, 0.5) is 13.2 Å². The highest BCUT2D eigenvalue weighted by Crippen LogP contribution is 2.32. The van der Waals surface area contributed by atoms with E-state index in [2.05, 4.69) is 4.98 Å². The molecule has 3 aromatic rings. The Morgan fingerprint density at radius 1 is 1.11 bits per heavy atom. The first kappa shape index (κ1) is 18.7. The van der Waals surface area contributed by atoms with Gasteiger partial charge in [-0.25, -0.2) is 4.98 Å². The molecule has 0 radical (unpaired) electrons. The molecule has 1 aromatic heterocycles. The van der Waals surface area contributed by atoms with Gasteiger partial charge in [0.2, 0.25) is 0 Å². The van der Waals surface area contributed by atoms with Crippen molar-refractivity contribution in [3.05, 3.63) is 81.8 Å². The van der Waals surface area contributed by atoms with Crippen LogP contribution in [0, 0.1) is 11.3 Å². The Labute approximate surface area is 158 Å². The van der Waals surface area contributed by atoms with Gasteiger partial charge in [0.1, 0.15) is 23.4 Å². The third-order valence-electron chi connectivity index (χ3n) is 3.58. The molecule has 136 valence electrons. The van der Waals surface area contributed by atoms with E-state index in [0.29, 0.717) is 17.9 Å². The van der Waals surface area contributed by atoms with E-state index in [1.165, 1.54) is 6.08 Å². The number of benzene rings is 2. The third kappa shape index (κ3) is 4.96. The summed E-state index contributed by atoms with van der Waals surface area (Å²) >= 11 is 0.791. The second-order valence-electron chi connectivity index (χ2n) is 5.55. The van der Waals surface area contributed by atoms with Crippen molar-refractivity contribution in [3.63, 3.8) is 0 Å². The van der Waals surface area contributed by atoms with Gasteiger partial charge in [-0.05, 0) is 29.3 Å². The van der Waals surface area contributed by atoms with Crippen LogP contribution in [0.5, 0.6) is 5.75 Å². The average Bonchev–Trinajstić information content (AvgIpc) is 3.17. The normalized spacial score (nSPS) is 11.9. The lowest BCUT2D eigenvalue weighted by molar-refractivity contribution is -0.140. The Kier molecular flexibility index (Phi) is 5.57. The Hall–Kier alpha value is -3.11. The summed E-state index contributed by atoms with van der Waals surface area (Å²) in [4.78, 5) is 3.51. The summed E-state index contributed by atoms with van der Waals surface area (Å²) in [6.45, 7) is 0.429. The van der Waals surface area contributed by atoms with Gasteiger partial charge in [0.15, 0.2) is 5.69 Å². The van der Waals surface area contributed by atoms with Crippen molar-refractivity contribution in [2.75, 3.05) is 0 Å². The van der Waals surface area contributed by atoms with Crippen molar-refractivity contribution in [1.29, 1.82) is 5.26 Å². The van der Waals surface area contributed by atoms with Crippen LogP contribution in [-0.4, -0.2) is 4.98 Å². The van der Waals surface area contributed by atoms with Gasteiger partial charge in [0.05, 0.1) is 5.57 Å². The van der Waals surface area contributed by atoms with Crippen LogP contribution in [-0.2, 0) is 12.8 Å². The monoisotopic (exact) mass is 386 g/mol. The topological polar surface area (TPSA) is 45.9 Å². The number of hydrogen-bond acceptors (Lipinski definition) is 4. The highest BCUT2D eigenvalue weighted by molar-refractivity contribution is 7.11. The molecular weight excluding hydrogens is 373 g/mol. The van der Waals surface area contributed by atoms with Crippen LogP contribution in [0.25, 0.3) is 11.6 Å². The van der Waals surface area contributed by atoms with Crippen molar-refractivity contribution in [2.24, 2.45) is 0 Å². The number of nitriles is 1. The molecule has 0 saturated heterocycles. The molecule has 27 heavy (non-hydrogen) atoms. The molecule has 0 N–H and O–H groups in total. The minimum absolute atomic E-state index is 0.0363. The SMILES string of the molecule is N#C/C(=C\c1ccc(OCc2ccccc2)cc1)c1nc(C(F)(F)F)cs1. The molecule has 0 amide bonds. The summed E-state index contributed by atoms with van der Waals surface area (Å²) in [5.74, 6) is 0.656. The molecule has 0 saturated carbocycles. The maximum absolute atomic E-state index is 12.7. The van der Waals surface area contributed by atoms with Gasteiger partial charge in [-0.2, -0.15) is 18.4 Å². The maximum Gasteiger partial charge on any atom is 0.434 e. The van der Waals surface area contributed by atoms with Crippen molar-refractivity contribution < 1.29 is 17.9 Å². The summed E-state index contributed by atoms with van der Waals surface area (Å²) in [6, 6.07) is 18.6. The highest BCUT2D eigenvalue weighted by Gasteiger charge is 2.34. The molecule has 0 atom stereocenters. The minimum atomic E-state index is -4.52. The highest BCUT2D eigenvalue weighted by atomic mass is 32.1. The van der Waals surface area contributed by atoms with Crippen molar-refractivity contribution in [2.45, 2.75) is 12.8 Å². The lowest BCUT2D eigenvalue weighted by Crippen LogP contribution is -2.05. The van der Waals surface area contributed by atoms with E-state index >= 15 is 0 Å². The summed E-state index contributed by atoms with van der Waals surface area (Å²) in [5.41, 5.74) is 0.793. The second kappa shape index (κ2) is 8.06. The summed E-state index contributed by atoms with van der Waals surface area (Å²) in [6.07, 6.45) is -3.02. The fourth-order valence-electron chi connectivity index (χ4n) is 2.24.